The van der Waals surface area contributed by atoms with Crippen LogP contribution in [-0.4, -0.2) is 66.7 Å². The Hall–Kier alpha value is -1.60. The third-order valence-corrected chi connectivity index (χ3v) is 5.34. The number of carbonyl (C=O) groups excluding carboxylic acids is 2. The molecule has 0 aliphatic carbocycles. The zero-order valence-electron chi connectivity index (χ0n) is 16.0. The summed E-state index contributed by atoms with van der Waals surface area (Å²) in [5, 5.41) is 2.80. The molecule has 1 aromatic rings. The second-order valence-corrected chi connectivity index (χ2v) is 8.90. The number of ether oxygens (including phenoxy) is 1. The van der Waals surface area contributed by atoms with Crippen LogP contribution in [0.25, 0.3) is 0 Å². The number of hydrogen-bond donors (Lipinski definition) is 1. The molecule has 7 heteroatoms. The topological polar surface area (TPSA) is 61.9 Å². The van der Waals surface area contributed by atoms with E-state index in [1.54, 1.807) is 0 Å². The number of likely N-dealkylation sites (N-methyl/N-ethyl adjacent to an activating group) is 1. The number of thiophene rings is 1. The van der Waals surface area contributed by atoms with Crippen LogP contribution in [0, 0.1) is 13.8 Å². The predicted molar refractivity (Wildman–Crippen MR) is 100 cm³/mol. The minimum absolute atomic E-state index is 0.0466. The summed E-state index contributed by atoms with van der Waals surface area (Å²) in [6.07, 6.45) is -0.448. The van der Waals surface area contributed by atoms with Crippen LogP contribution in [0.5, 0.6) is 0 Å². The normalized spacial score (nSPS) is 19.0. The van der Waals surface area contributed by atoms with Gasteiger partial charge in [0.05, 0.1) is 10.9 Å². The molecule has 1 aromatic heterocycles. The number of piperazine rings is 1. The van der Waals surface area contributed by atoms with Crippen LogP contribution >= 0.6 is 11.3 Å². The largest absolute Gasteiger partial charge is 0.444 e. The molecule has 1 saturated heterocycles. The molecule has 1 N–H and O–H groups in total. The van der Waals surface area contributed by atoms with Gasteiger partial charge in [0.25, 0.3) is 5.91 Å². The lowest BCUT2D eigenvalue weighted by molar-refractivity contribution is 0.0405. The summed E-state index contributed by atoms with van der Waals surface area (Å²) in [5.74, 6) is 0.0466. The van der Waals surface area contributed by atoms with Crippen LogP contribution in [0.1, 0.15) is 40.9 Å². The first kappa shape index (κ1) is 19.7. The second-order valence-electron chi connectivity index (χ2n) is 7.65. The summed E-state index contributed by atoms with van der Waals surface area (Å²) >= 11 is 1.53. The van der Waals surface area contributed by atoms with Crippen molar-refractivity contribution in [3.05, 3.63) is 21.4 Å². The molecule has 0 saturated carbocycles. The number of nitrogens with one attached hydrogen (secondary N) is 1. The van der Waals surface area contributed by atoms with Gasteiger partial charge < -0.3 is 19.9 Å². The van der Waals surface area contributed by atoms with Gasteiger partial charge >= 0.3 is 6.09 Å². The molecule has 1 fully saturated rings. The third kappa shape index (κ3) is 5.44. The highest BCUT2D eigenvalue weighted by Crippen LogP contribution is 2.23. The van der Waals surface area contributed by atoms with Gasteiger partial charge in [0.1, 0.15) is 5.60 Å². The molecule has 0 aromatic carbocycles. The number of rotatable bonds is 3. The van der Waals surface area contributed by atoms with E-state index in [-0.39, 0.29) is 11.9 Å². The highest BCUT2D eigenvalue weighted by molar-refractivity contribution is 7.14. The molecule has 2 rings (SSSR count). The van der Waals surface area contributed by atoms with E-state index < -0.39 is 11.7 Å². The predicted octanol–water partition coefficient (Wildman–Crippen LogP) is 2.65. The average molecular weight is 368 g/mol. The highest BCUT2D eigenvalue weighted by Gasteiger charge is 2.31. The van der Waals surface area contributed by atoms with Crippen molar-refractivity contribution in [2.45, 2.75) is 46.3 Å². The Labute approximate surface area is 154 Å². The molecular formula is C18H29N3O3S. The van der Waals surface area contributed by atoms with Gasteiger partial charge in [0, 0.05) is 31.1 Å². The van der Waals surface area contributed by atoms with Crippen molar-refractivity contribution in [1.29, 1.82) is 0 Å². The summed E-state index contributed by atoms with van der Waals surface area (Å²) in [4.78, 5) is 30.8. The van der Waals surface area contributed by atoms with Crippen LogP contribution in [0.3, 0.4) is 0 Å². The van der Waals surface area contributed by atoms with E-state index in [2.05, 4.69) is 10.2 Å². The Morgan fingerprint density at radius 2 is 2.00 bits per heavy atom. The maximum Gasteiger partial charge on any atom is 0.407 e. The first-order valence-corrected chi connectivity index (χ1v) is 9.42. The van der Waals surface area contributed by atoms with Crippen molar-refractivity contribution in [3.63, 3.8) is 0 Å². The Morgan fingerprint density at radius 3 is 2.56 bits per heavy atom. The van der Waals surface area contributed by atoms with Gasteiger partial charge in [0.15, 0.2) is 0 Å². The van der Waals surface area contributed by atoms with E-state index in [0.29, 0.717) is 13.1 Å². The van der Waals surface area contributed by atoms with E-state index in [1.165, 1.54) is 16.2 Å². The number of hydrogen-bond acceptors (Lipinski definition) is 5. The fraction of sp³-hybridized carbons (Fsp3) is 0.667. The lowest BCUT2D eigenvalue weighted by Crippen LogP contribution is -2.57. The lowest BCUT2D eigenvalue weighted by Gasteiger charge is -2.40. The van der Waals surface area contributed by atoms with E-state index in [0.717, 1.165) is 23.5 Å². The van der Waals surface area contributed by atoms with Crippen molar-refractivity contribution >= 4 is 23.3 Å². The molecule has 140 valence electrons. The van der Waals surface area contributed by atoms with Crippen molar-refractivity contribution in [3.8, 4) is 0 Å². The number of carbonyl (C=O) groups is 2. The Morgan fingerprint density at radius 1 is 1.32 bits per heavy atom. The molecule has 6 nitrogen and oxygen atoms in total. The van der Waals surface area contributed by atoms with Gasteiger partial charge in [-0.15, -0.1) is 11.3 Å². The number of aryl methyl sites for hydroxylation is 2. The van der Waals surface area contributed by atoms with Crippen LogP contribution < -0.4 is 5.32 Å². The molecule has 0 unspecified atom stereocenters. The molecule has 2 amide bonds. The summed E-state index contributed by atoms with van der Waals surface area (Å²) < 4.78 is 5.29. The molecule has 0 spiro atoms. The van der Waals surface area contributed by atoms with E-state index in [4.69, 9.17) is 4.74 Å². The zero-order valence-corrected chi connectivity index (χ0v) is 16.8. The van der Waals surface area contributed by atoms with Gasteiger partial charge in [-0.2, -0.15) is 0 Å². The smallest absolute Gasteiger partial charge is 0.407 e. The molecule has 0 bridgehead atoms. The summed E-state index contributed by atoms with van der Waals surface area (Å²) in [7, 11) is 2.03. The highest BCUT2D eigenvalue weighted by atomic mass is 32.1. The van der Waals surface area contributed by atoms with Crippen molar-refractivity contribution in [2.24, 2.45) is 0 Å². The lowest BCUT2D eigenvalue weighted by atomic mass is 10.1. The van der Waals surface area contributed by atoms with Gasteiger partial charge in [-0.25, -0.2) is 4.79 Å². The van der Waals surface area contributed by atoms with Gasteiger partial charge in [-0.1, -0.05) is 0 Å². The van der Waals surface area contributed by atoms with Crippen molar-refractivity contribution in [1.82, 2.24) is 15.1 Å². The Kier molecular flexibility index (Phi) is 6.11. The van der Waals surface area contributed by atoms with Gasteiger partial charge in [0.2, 0.25) is 0 Å². The molecular weight excluding hydrogens is 338 g/mol. The SMILES string of the molecule is Cc1cc(C(=O)N2CCN(C)C[C@H]2CNC(=O)OC(C)(C)C)sc1C. The molecule has 1 atom stereocenters. The number of alkyl carbamates (subject to hydrolysis) is 1. The first-order valence-electron chi connectivity index (χ1n) is 8.60. The first-order chi connectivity index (χ1) is 11.6. The second kappa shape index (κ2) is 7.74. The monoisotopic (exact) mass is 367 g/mol. The third-order valence-electron chi connectivity index (χ3n) is 4.20. The van der Waals surface area contributed by atoms with E-state index in [1.807, 2.05) is 52.6 Å². The molecule has 2 heterocycles. The fourth-order valence-corrected chi connectivity index (χ4v) is 3.78. The molecule has 0 radical (unpaired) electrons. The molecule has 1 aliphatic heterocycles. The van der Waals surface area contributed by atoms with Crippen LogP contribution in [0.15, 0.2) is 6.07 Å². The van der Waals surface area contributed by atoms with Crippen molar-refractivity contribution in [2.75, 3.05) is 33.2 Å². The molecule has 1 aliphatic rings. The van der Waals surface area contributed by atoms with Crippen LogP contribution in [0.4, 0.5) is 4.79 Å². The standard InChI is InChI=1S/C18H29N3O3S/c1-12-9-15(25-13(12)2)16(22)21-8-7-20(6)11-14(21)10-19-17(23)24-18(3,4)5/h9,14H,7-8,10-11H2,1-6H3,(H,19,23)/t14-/m1/s1. The summed E-state index contributed by atoms with van der Waals surface area (Å²) in [6, 6.07) is 1.89. The number of amides is 2. The number of nitrogens with zero attached hydrogens (tertiary/aromatic N) is 2. The fourth-order valence-electron chi connectivity index (χ4n) is 2.79. The summed E-state index contributed by atoms with van der Waals surface area (Å²) in [6.45, 7) is 12.1. The van der Waals surface area contributed by atoms with Gasteiger partial charge in [-0.05, 0) is 53.3 Å². The van der Waals surface area contributed by atoms with Crippen molar-refractivity contribution < 1.29 is 14.3 Å². The van der Waals surface area contributed by atoms with Crippen LogP contribution in [0.2, 0.25) is 0 Å². The van der Waals surface area contributed by atoms with E-state index in [9.17, 15) is 9.59 Å². The minimum atomic E-state index is -0.533. The maximum absolute atomic E-state index is 12.9. The quantitative estimate of drug-likeness (QED) is 0.892. The Balaban J connectivity index is 2.04. The molecule has 25 heavy (non-hydrogen) atoms. The van der Waals surface area contributed by atoms with Gasteiger partial charge in [-0.3, -0.25) is 4.79 Å². The zero-order chi connectivity index (χ0) is 18.8. The maximum atomic E-state index is 12.9. The van der Waals surface area contributed by atoms with E-state index >= 15 is 0 Å². The minimum Gasteiger partial charge on any atom is -0.444 e. The average Bonchev–Trinajstić information content (AvgIpc) is 2.82. The summed E-state index contributed by atoms with van der Waals surface area (Å²) in [5.41, 5.74) is 0.612. The Bertz CT molecular complexity index is 617. The van der Waals surface area contributed by atoms with Crippen LogP contribution in [-0.2, 0) is 4.74 Å².